The maximum atomic E-state index is 14.0. The smallest absolute Gasteiger partial charge is 0.244 e. The van der Waals surface area contributed by atoms with Crippen LogP contribution in [0.3, 0.4) is 0 Å². The second-order valence-electron chi connectivity index (χ2n) is 9.11. The standard InChI is InChI=1S/C29H33Cl2N3O4S/c1-4-21-14-16-23(17-15-21)34(39(3,37)38)20-28(35)33(19-24-25(30)12-9-13-26(24)31)27(29(36)32-5-2)18-22-10-7-6-8-11-22/h6-17,27H,4-5,18-20H2,1-3H3,(H,32,36)/t27-/m0/s1. The van der Waals surface area contributed by atoms with Crippen molar-refractivity contribution in [3.63, 3.8) is 0 Å². The monoisotopic (exact) mass is 589 g/mol. The van der Waals surface area contributed by atoms with Gasteiger partial charge in [0.15, 0.2) is 0 Å². The molecule has 0 aromatic heterocycles. The molecule has 208 valence electrons. The summed E-state index contributed by atoms with van der Waals surface area (Å²) in [6, 6.07) is 20.4. The normalized spacial score (nSPS) is 12.0. The molecule has 0 spiro atoms. The third-order valence-electron chi connectivity index (χ3n) is 6.32. The fourth-order valence-corrected chi connectivity index (χ4v) is 5.58. The first-order chi connectivity index (χ1) is 18.5. The lowest BCUT2D eigenvalue weighted by Gasteiger charge is -2.33. The maximum absolute atomic E-state index is 14.0. The van der Waals surface area contributed by atoms with Gasteiger partial charge in [-0.15, -0.1) is 0 Å². The molecule has 3 aromatic carbocycles. The molecule has 0 aliphatic heterocycles. The zero-order valence-electron chi connectivity index (χ0n) is 22.2. The molecule has 0 aliphatic carbocycles. The predicted molar refractivity (Wildman–Crippen MR) is 158 cm³/mol. The predicted octanol–water partition coefficient (Wildman–Crippen LogP) is 5.10. The first-order valence-corrected chi connectivity index (χ1v) is 15.3. The molecule has 0 fully saturated rings. The van der Waals surface area contributed by atoms with Crippen LogP contribution in [0, 0.1) is 0 Å². The molecule has 1 atom stereocenters. The number of aryl methyl sites for hydroxylation is 1. The van der Waals surface area contributed by atoms with Crippen LogP contribution in [0.4, 0.5) is 5.69 Å². The summed E-state index contributed by atoms with van der Waals surface area (Å²) in [7, 11) is -3.84. The SMILES string of the molecule is CCNC(=O)[C@H](Cc1ccccc1)N(Cc1c(Cl)cccc1Cl)C(=O)CN(c1ccc(CC)cc1)S(C)(=O)=O. The summed E-state index contributed by atoms with van der Waals surface area (Å²) in [6.45, 7) is 3.56. The van der Waals surface area contributed by atoms with Crippen LogP contribution in [0.15, 0.2) is 72.8 Å². The Bertz CT molecular complexity index is 1360. The van der Waals surface area contributed by atoms with Gasteiger partial charge in [0.05, 0.1) is 11.9 Å². The van der Waals surface area contributed by atoms with Crippen LogP contribution in [0.25, 0.3) is 0 Å². The number of amides is 2. The van der Waals surface area contributed by atoms with Crippen LogP contribution in [0.2, 0.25) is 10.0 Å². The van der Waals surface area contributed by atoms with Crippen LogP contribution in [0.1, 0.15) is 30.5 Å². The van der Waals surface area contributed by atoms with Crippen molar-refractivity contribution in [1.82, 2.24) is 10.2 Å². The van der Waals surface area contributed by atoms with Gasteiger partial charge in [0.1, 0.15) is 12.6 Å². The van der Waals surface area contributed by atoms with Crippen molar-refractivity contribution in [3.8, 4) is 0 Å². The molecule has 0 saturated carbocycles. The number of rotatable bonds is 12. The van der Waals surface area contributed by atoms with Gasteiger partial charge < -0.3 is 10.2 Å². The Balaban J connectivity index is 2.07. The fraction of sp³-hybridized carbons (Fsp3) is 0.310. The van der Waals surface area contributed by atoms with Gasteiger partial charge in [-0.1, -0.05) is 78.7 Å². The van der Waals surface area contributed by atoms with E-state index in [0.29, 0.717) is 27.8 Å². The number of nitrogens with one attached hydrogen (secondary N) is 1. The van der Waals surface area contributed by atoms with Crippen molar-refractivity contribution in [1.29, 1.82) is 0 Å². The number of carbonyl (C=O) groups excluding carboxylic acids is 2. The minimum atomic E-state index is -3.84. The number of anilines is 1. The largest absolute Gasteiger partial charge is 0.355 e. The third kappa shape index (κ3) is 8.21. The highest BCUT2D eigenvalue weighted by Crippen LogP contribution is 2.28. The van der Waals surface area contributed by atoms with Crippen molar-refractivity contribution in [3.05, 3.63) is 99.5 Å². The van der Waals surface area contributed by atoms with E-state index >= 15 is 0 Å². The lowest BCUT2D eigenvalue weighted by Crippen LogP contribution is -2.53. The summed E-state index contributed by atoms with van der Waals surface area (Å²) < 4.78 is 26.7. The second kappa shape index (κ2) is 13.8. The first-order valence-electron chi connectivity index (χ1n) is 12.7. The molecule has 39 heavy (non-hydrogen) atoms. The molecule has 0 radical (unpaired) electrons. The van der Waals surface area contributed by atoms with Gasteiger partial charge in [-0.2, -0.15) is 0 Å². The molecule has 3 rings (SSSR count). The first kappa shape index (κ1) is 30.5. The molecule has 0 unspecified atom stereocenters. The van der Waals surface area contributed by atoms with Crippen LogP contribution in [0.5, 0.6) is 0 Å². The topological polar surface area (TPSA) is 86.8 Å². The highest BCUT2D eigenvalue weighted by atomic mass is 35.5. The molecule has 0 bridgehead atoms. The van der Waals surface area contributed by atoms with Gasteiger partial charge in [-0.05, 0) is 48.7 Å². The summed E-state index contributed by atoms with van der Waals surface area (Å²) in [4.78, 5) is 28.8. The summed E-state index contributed by atoms with van der Waals surface area (Å²) in [5, 5.41) is 3.49. The van der Waals surface area contributed by atoms with Crippen molar-refractivity contribution < 1.29 is 18.0 Å². The molecule has 3 aromatic rings. The number of sulfonamides is 1. The summed E-state index contributed by atoms with van der Waals surface area (Å²) in [5.41, 5.74) is 2.70. The molecule has 10 heteroatoms. The van der Waals surface area contributed by atoms with Crippen LogP contribution in [-0.2, 0) is 39.0 Å². The second-order valence-corrected chi connectivity index (χ2v) is 11.8. The lowest BCUT2D eigenvalue weighted by molar-refractivity contribution is -0.140. The van der Waals surface area contributed by atoms with Gasteiger partial charge in [0.2, 0.25) is 21.8 Å². The fourth-order valence-electron chi connectivity index (χ4n) is 4.21. The van der Waals surface area contributed by atoms with Crippen molar-refractivity contribution in [2.24, 2.45) is 0 Å². The molecule has 0 aliphatic rings. The lowest BCUT2D eigenvalue weighted by atomic mass is 10.0. The van der Waals surface area contributed by atoms with E-state index in [-0.39, 0.29) is 18.9 Å². The maximum Gasteiger partial charge on any atom is 0.244 e. The zero-order chi connectivity index (χ0) is 28.6. The number of hydrogen-bond acceptors (Lipinski definition) is 4. The highest BCUT2D eigenvalue weighted by molar-refractivity contribution is 7.92. The molecule has 0 saturated heterocycles. The average Bonchev–Trinajstić information content (AvgIpc) is 2.90. The molecular formula is C29H33Cl2N3O4S. The average molecular weight is 591 g/mol. The van der Waals surface area contributed by atoms with Gasteiger partial charge in [0, 0.05) is 35.1 Å². The number of likely N-dealkylation sites (N-methyl/N-ethyl adjacent to an activating group) is 1. The van der Waals surface area contributed by atoms with E-state index < -0.39 is 28.5 Å². The zero-order valence-corrected chi connectivity index (χ0v) is 24.6. The van der Waals surface area contributed by atoms with Crippen LogP contribution in [-0.4, -0.2) is 50.5 Å². The van der Waals surface area contributed by atoms with Gasteiger partial charge in [0.25, 0.3) is 0 Å². The van der Waals surface area contributed by atoms with E-state index in [4.69, 9.17) is 23.2 Å². The number of nitrogens with zero attached hydrogens (tertiary/aromatic N) is 2. The minimum absolute atomic E-state index is 0.0850. The quantitative estimate of drug-likeness (QED) is 0.318. The Morgan fingerprint density at radius 1 is 0.872 bits per heavy atom. The van der Waals surface area contributed by atoms with Crippen molar-refractivity contribution >= 4 is 50.7 Å². The molecule has 0 heterocycles. The number of halogens is 2. The summed E-state index contributed by atoms with van der Waals surface area (Å²) in [5.74, 6) is -0.931. The minimum Gasteiger partial charge on any atom is -0.355 e. The Kier molecular flexibility index (Phi) is 10.8. The Hall–Kier alpha value is -3.07. The van der Waals surface area contributed by atoms with E-state index in [2.05, 4.69) is 5.32 Å². The number of carbonyl (C=O) groups is 2. The number of benzene rings is 3. The van der Waals surface area contributed by atoms with E-state index in [1.54, 1.807) is 37.3 Å². The Labute approximate surface area is 240 Å². The van der Waals surface area contributed by atoms with E-state index in [9.17, 15) is 18.0 Å². The van der Waals surface area contributed by atoms with Crippen molar-refractivity contribution in [2.75, 3.05) is 23.7 Å². The van der Waals surface area contributed by atoms with E-state index in [1.165, 1.54) is 4.90 Å². The van der Waals surface area contributed by atoms with Crippen molar-refractivity contribution in [2.45, 2.75) is 39.3 Å². The Morgan fingerprint density at radius 3 is 2.03 bits per heavy atom. The van der Waals surface area contributed by atoms with Gasteiger partial charge in [-0.3, -0.25) is 13.9 Å². The summed E-state index contributed by atoms with van der Waals surface area (Å²) >= 11 is 12.9. The molecular weight excluding hydrogens is 557 g/mol. The molecule has 1 N–H and O–H groups in total. The molecule has 7 nitrogen and oxygen atoms in total. The third-order valence-corrected chi connectivity index (χ3v) is 8.17. The van der Waals surface area contributed by atoms with E-state index in [0.717, 1.165) is 28.1 Å². The Morgan fingerprint density at radius 2 is 1.49 bits per heavy atom. The summed E-state index contributed by atoms with van der Waals surface area (Å²) in [6.07, 6.45) is 2.05. The van der Waals surface area contributed by atoms with Gasteiger partial charge in [-0.25, -0.2) is 8.42 Å². The molecule has 2 amide bonds. The van der Waals surface area contributed by atoms with Crippen LogP contribution < -0.4 is 9.62 Å². The van der Waals surface area contributed by atoms with E-state index in [1.807, 2.05) is 49.4 Å². The number of hydrogen-bond donors (Lipinski definition) is 1. The van der Waals surface area contributed by atoms with Crippen LogP contribution >= 0.6 is 23.2 Å². The van der Waals surface area contributed by atoms with Gasteiger partial charge >= 0.3 is 0 Å². The highest BCUT2D eigenvalue weighted by Gasteiger charge is 2.33.